The summed E-state index contributed by atoms with van der Waals surface area (Å²) in [5.41, 5.74) is 0. The summed E-state index contributed by atoms with van der Waals surface area (Å²) in [6.07, 6.45) is 0. The first kappa shape index (κ1) is 13.0. The third-order valence-corrected chi connectivity index (χ3v) is 0.741. The molecule has 0 bridgehead atoms. The monoisotopic (exact) mass is 171 g/mol. The summed E-state index contributed by atoms with van der Waals surface area (Å²) in [6, 6.07) is 0. The Morgan fingerprint density at radius 1 is 0.818 bits per heavy atom. The number of carboxylic acids is 3. The maximum atomic E-state index is 9.82. The van der Waals surface area contributed by atoms with E-state index >= 15 is 0 Å². The van der Waals surface area contributed by atoms with Crippen LogP contribution in [-0.2, 0) is 14.4 Å². The molecule has 57 valence electrons. The third kappa shape index (κ3) is 3.97. The summed E-state index contributed by atoms with van der Waals surface area (Å²) in [6.45, 7) is 0. The van der Waals surface area contributed by atoms with Gasteiger partial charge < -0.3 is 15.3 Å². The summed E-state index contributed by atoms with van der Waals surface area (Å²) < 4.78 is 0. The Bertz CT molecular complexity index is 154. The summed E-state index contributed by atoms with van der Waals surface area (Å²) in [5, 5.41) is 23.9. The molecule has 0 unspecified atom stereocenters. The minimum absolute atomic E-state index is 0. The molecule has 0 saturated heterocycles. The fraction of sp³-hybridized carbons (Fsp3) is 0.250. The number of rotatable bonds is 3. The van der Waals surface area contributed by atoms with Gasteiger partial charge in [0.15, 0.2) is 0 Å². The molecule has 0 aliphatic rings. The third-order valence-electron chi connectivity index (χ3n) is 0.741. The van der Waals surface area contributed by atoms with Crippen LogP contribution in [0.3, 0.4) is 0 Å². The van der Waals surface area contributed by atoms with E-state index in [0.717, 1.165) is 0 Å². The zero-order chi connectivity index (χ0) is 8.31. The van der Waals surface area contributed by atoms with Crippen molar-refractivity contribution in [2.75, 3.05) is 0 Å². The Morgan fingerprint density at radius 2 is 1.00 bits per heavy atom. The molecule has 0 aromatic heterocycles. The van der Waals surface area contributed by atoms with Crippen molar-refractivity contribution in [3.63, 3.8) is 0 Å². The zero-order valence-electron chi connectivity index (χ0n) is 5.64. The van der Waals surface area contributed by atoms with Crippen LogP contribution in [-0.4, -0.2) is 62.8 Å². The Hall–Kier alpha value is -0.590. The number of hydrogen-bond donors (Lipinski definition) is 3. The average molecular weight is 171 g/mol. The van der Waals surface area contributed by atoms with Crippen LogP contribution < -0.4 is 0 Å². The van der Waals surface area contributed by atoms with Gasteiger partial charge in [0.05, 0.1) is 0 Å². The topological polar surface area (TPSA) is 112 Å². The zero-order valence-corrected chi connectivity index (χ0v) is 7.64. The van der Waals surface area contributed by atoms with Gasteiger partial charge >= 0.3 is 17.9 Å². The van der Waals surface area contributed by atoms with Crippen molar-refractivity contribution in [3.05, 3.63) is 0 Å². The average Bonchev–Trinajstić information content (AvgIpc) is 1.59. The van der Waals surface area contributed by atoms with Crippen LogP contribution in [0.5, 0.6) is 0 Å². The molecule has 0 amide bonds. The summed E-state index contributed by atoms with van der Waals surface area (Å²) in [5.74, 6) is -7.99. The minimum atomic E-state index is -2.36. The molecule has 0 spiro atoms. The van der Waals surface area contributed by atoms with E-state index in [1.807, 2.05) is 0 Å². The van der Waals surface area contributed by atoms with Crippen molar-refractivity contribution in [1.29, 1.82) is 0 Å². The summed E-state index contributed by atoms with van der Waals surface area (Å²) in [4.78, 5) is 29.5. The number of carbonyl (C=O) groups is 3. The van der Waals surface area contributed by atoms with Gasteiger partial charge in [0.25, 0.3) is 0 Å². The molecule has 0 aliphatic heterocycles. The van der Waals surface area contributed by atoms with E-state index in [1.54, 1.807) is 0 Å². The van der Waals surface area contributed by atoms with Crippen LogP contribution in [0, 0.1) is 5.92 Å². The van der Waals surface area contributed by atoms with Gasteiger partial charge in [0.2, 0.25) is 5.92 Å². The van der Waals surface area contributed by atoms with Gasteiger partial charge in [-0.1, -0.05) is 0 Å². The molecule has 0 aliphatic carbocycles. The molecule has 0 aromatic carbocycles. The first-order valence-electron chi connectivity index (χ1n) is 2.15. The van der Waals surface area contributed by atoms with Gasteiger partial charge in [-0.2, -0.15) is 0 Å². The van der Waals surface area contributed by atoms with E-state index in [-0.39, 0.29) is 29.6 Å². The first-order valence-corrected chi connectivity index (χ1v) is 2.15. The van der Waals surface area contributed by atoms with Crippen LogP contribution in [0.15, 0.2) is 0 Å². The van der Waals surface area contributed by atoms with E-state index in [0.29, 0.717) is 0 Å². The largest absolute Gasteiger partial charge is 0.480 e. The van der Waals surface area contributed by atoms with Crippen molar-refractivity contribution < 1.29 is 29.7 Å². The van der Waals surface area contributed by atoms with Crippen molar-refractivity contribution in [1.82, 2.24) is 0 Å². The van der Waals surface area contributed by atoms with Crippen LogP contribution in [0.4, 0.5) is 0 Å². The van der Waals surface area contributed by atoms with E-state index in [4.69, 9.17) is 15.3 Å². The predicted octanol–water partition coefficient (Wildman–Crippen LogP) is -1.52. The maximum Gasteiger partial charge on any atom is 0.329 e. The van der Waals surface area contributed by atoms with Gasteiger partial charge in [-0.05, 0) is 0 Å². The summed E-state index contributed by atoms with van der Waals surface area (Å²) >= 11 is 0. The number of aliphatic carboxylic acids is 3. The molecule has 0 rings (SSSR count). The Morgan fingerprint density at radius 3 is 1.00 bits per heavy atom. The quantitative estimate of drug-likeness (QED) is 0.351. The van der Waals surface area contributed by atoms with Gasteiger partial charge in [0.1, 0.15) is 0 Å². The Kier molecular flexibility index (Phi) is 6.06. The van der Waals surface area contributed by atoms with Gasteiger partial charge in [-0.25, -0.2) is 0 Å². The Balaban J connectivity index is 0. The molecule has 6 nitrogen and oxygen atoms in total. The molecule has 3 N–H and O–H groups in total. The minimum Gasteiger partial charge on any atom is -0.480 e. The van der Waals surface area contributed by atoms with Crippen LogP contribution in [0.2, 0.25) is 0 Å². The SMILES string of the molecule is O=C(O)C(C(=O)O)C(=O)O.[Na]. The summed E-state index contributed by atoms with van der Waals surface area (Å²) in [7, 11) is 0. The number of carboxylic acid groups (broad SMARTS) is 3. The molecule has 0 fully saturated rings. The van der Waals surface area contributed by atoms with Crippen LogP contribution in [0.1, 0.15) is 0 Å². The first-order chi connectivity index (χ1) is 4.46. The van der Waals surface area contributed by atoms with E-state index in [9.17, 15) is 14.4 Å². The standard InChI is InChI=1S/C4H4O6.Na/c5-2(6)1(3(7)8)4(9)10;/h1H,(H,5,6)(H,7,8)(H,9,10);. The number of hydrogen-bond acceptors (Lipinski definition) is 3. The van der Waals surface area contributed by atoms with Gasteiger partial charge in [-0.3, -0.25) is 14.4 Å². The molecule has 1 radical (unpaired) electrons. The fourth-order valence-electron chi connectivity index (χ4n) is 0.317. The van der Waals surface area contributed by atoms with Crippen molar-refractivity contribution >= 4 is 47.5 Å². The Labute approximate surface area is 83.1 Å². The predicted molar refractivity (Wildman–Crippen MR) is 32.2 cm³/mol. The van der Waals surface area contributed by atoms with Crippen LogP contribution >= 0.6 is 0 Å². The van der Waals surface area contributed by atoms with E-state index < -0.39 is 23.8 Å². The van der Waals surface area contributed by atoms with Crippen molar-refractivity contribution in [2.24, 2.45) is 5.92 Å². The normalized spacial score (nSPS) is 8.45. The van der Waals surface area contributed by atoms with Gasteiger partial charge in [0, 0.05) is 29.6 Å². The fourth-order valence-corrected chi connectivity index (χ4v) is 0.317. The molecule has 7 heteroatoms. The van der Waals surface area contributed by atoms with Gasteiger partial charge in [-0.15, -0.1) is 0 Å². The molecule has 0 atom stereocenters. The molecular formula is C4H4NaO6. The van der Waals surface area contributed by atoms with Crippen LogP contribution in [0.25, 0.3) is 0 Å². The maximum absolute atomic E-state index is 9.82. The van der Waals surface area contributed by atoms with E-state index in [1.165, 1.54) is 0 Å². The second-order valence-corrected chi connectivity index (χ2v) is 1.45. The van der Waals surface area contributed by atoms with E-state index in [2.05, 4.69) is 0 Å². The smallest absolute Gasteiger partial charge is 0.329 e. The molecular weight excluding hydrogens is 167 g/mol. The molecule has 11 heavy (non-hydrogen) atoms. The van der Waals surface area contributed by atoms with Crippen molar-refractivity contribution in [2.45, 2.75) is 0 Å². The molecule has 0 aromatic rings. The molecule has 0 saturated carbocycles. The van der Waals surface area contributed by atoms with Crippen molar-refractivity contribution in [3.8, 4) is 0 Å². The second kappa shape index (κ2) is 5.11. The second-order valence-electron chi connectivity index (χ2n) is 1.45. The molecule has 0 heterocycles.